The van der Waals surface area contributed by atoms with Crippen molar-refractivity contribution in [2.45, 2.75) is 44.4 Å². The van der Waals surface area contributed by atoms with Gasteiger partial charge in [0.05, 0.1) is 6.04 Å². The van der Waals surface area contributed by atoms with Crippen molar-refractivity contribution in [2.75, 3.05) is 0 Å². The first-order chi connectivity index (χ1) is 13.1. The average molecular weight is 370 g/mol. The topological polar surface area (TPSA) is 42.4 Å². The fourth-order valence-electron chi connectivity index (χ4n) is 3.96. The number of carbonyl (C=O) groups excluding carboxylic acids is 1. The summed E-state index contributed by atoms with van der Waals surface area (Å²) in [6.07, 6.45) is 4.72. The molecule has 1 saturated heterocycles. The summed E-state index contributed by atoms with van der Waals surface area (Å²) in [4.78, 5) is 17.7. The van der Waals surface area contributed by atoms with E-state index in [0.29, 0.717) is 12.0 Å². The summed E-state index contributed by atoms with van der Waals surface area (Å²) >= 11 is 0. The second-order valence-corrected chi connectivity index (χ2v) is 6.97. The summed E-state index contributed by atoms with van der Waals surface area (Å²) in [5, 5.41) is 0. The lowest BCUT2D eigenvalue weighted by atomic mass is 9.83. The molecule has 2 aliphatic heterocycles. The van der Waals surface area contributed by atoms with Gasteiger partial charge in [-0.3, -0.25) is 4.90 Å². The number of benzene rings is 1. The molecule has 0 saturated carbocycles. The van der Waals surface area contributed by atoms with E-state index in [9.17, 15) is 13.6 Å². The van der Waals surface area contributed by atoms with Crippen LogP contribution in [0.25, 0.3) is 5.57 Å². The van der Waals surface area contributed by atoms with Crippen LogP contribution in [-0.4, -0.2) is 28.1 Å². The van der Waals surface area contributed by atoms with E-state index in [1.807, 2.05) is 36.4 Å². The van der Waals surface area contributed by atoms with Crippen molar-refractivity contribution in [3.63, 3.8) is 0 Å². The highest BCUT2D eigenvalue weighted by Crippen LogP contribution is 2.38. The van der Waals surface area contributed by atoms with E-state index in [-0.39, 0.29) is 24.8 Å². The van der Waals surface area contributed by atoms with Gasteiger partial charge in [-0.1, -0.05) is 36.4 Å². The summed E-state index contributed by atoms with van der Waals surface area (Å²) in [5.74, 6) is -1.64. The van der Waals surface area contributed by atoms with Crippen LogP contribution in [0.3, 0.4) is 0 Å². The Bertz CT molecular complexity index is 870. The predicted octanol–water partition coefficient (Wildman–Crippen LogP) is 4.71. The first-order valence-corrected chi connectivity index (χ1v) is 9.14. The molecule has 0 radical (unpaired) electrons. The molecule has 2 bridgehead atoms. The normalized spacial score (nSPS) is 21.6. The molecule has 140 valence electrons. The highest BCUT2D eigenvalue weighted by atomic mass is 19.1. The van der Waals surface area contributed by atoms with Gasteiger partial charge in [0.25, 0.3) is 0 Å². The molecule has 2 aromatic rings. The quantitative estimate of drug-likeness (QED) is 0.735. The molecular weight excluding hydrogens is 350 g/mol. The Kier molecular flexibility index (Phi) is 4.88. The lowest BCUT2D eigenvalue weighted by Gasteiger charge is -2.44. The van der Waals surface area contributed by atoms with Gasteiger partial charge in [-0.25, -0.2) is 4.79 Å². The first kappa shape index (κ1) is 17.6. The number of carbonyl (C=O) groups is 1. The number of rotatable bonds is 3. The van der Waals surface area contributed by atoms with Crippen molar-refractivity contribution in [1.82, 2.24) is 9.88 Å². The van der Waals surface area contributed by atoms with E-state index < -0.39 is 11.9 Å². The van der Waals surface area contributed by atoms with Crippen LogP contribution in [0.4, 0.5) is 13.6 Å². The molecule has 27 heavy (non-hydrogen) atoms. The van der Waals surface area contributed by atoms with E-state index >= 15 is 0 Å². The van der Waals surface area contributed by atoms with Gasteiger partial charge in [0.1, 0.15) is 6.61 Å². The predicted molar refractivity (Wildman–Crippen MR) is 96.6 cm³/mol. The Balaban J connectivity index is 1.52. The zero-order valence-corrected chi connectivity index (χ0v) is 14.8. The number of hydrogen-bond acceptors (Lipinski definition) is 3. The number of aromatic nitrogens is 1. The third kappa shape index (κ3) is 3.70. The van der Waals surface area contributed by atoms with Crippen molar-refractivity contribution in [3.8, 4) is 0 Å². The third-order valence-electron chi connectivity index (χ3n) is 5.21. The third-order valence-corrected chi connectivity index (χ3v) is 5.21. The molecule has 0 aliphatic carbocycles. The molecule has 1 fully saturated rings. The Morgan fingerprint density at radius 3 is 2.70 bits per heavy atom. The number of fused-ring (bicyclic) bond motifs is 2. The van der Waals surface area contributed by atoms with Crippen LogP contribution in [0.5, 0.6) is 0 Å². The number of piperidine rings is 1. The smallest absolute Gasteiger partial charge is 0.410 e. The molecule has 4 nitrogen and oxygen atoms in total. The minimum Gasteiger partial charge on any atom is -0.445 e. The summed E-state index contributed by atoms with van der Waals surface area (Å²) in [5.41, 5.74) is 2.02. The largest absolute Gasteiger partial charge is 0.445 e. The molecule has 2 atom stereocenters. The van der Waals surface area contributed by atoms with Crippen LogP contribution < -0.4 is 0 Å². The monoisotopic (exact) mass is 370 g/mol. The van der Waals surface area contributed by atoms with Gasteiger partial charge in [0, 0.05) is 11.6 Å². The maximum Gasteiger partial charge on any atom is 0.410 e. The Labute approximate surface area is 156 Å². The summed E-state index contributed by atoms with van der Waals surface area (Å²) in [7, 11) is 0. The van der Waals surface area contributed by atoms with Crippen molar-refractivity contribution in [3.05, 3.63) is 71.6 Å². The van der Waals surface area contributed by atoms with E-state index in [0.717, 1.165) is 36.5 Å². The van der Waals surface area contributed by atoms with Gasteiger partial charge in [0.2, 0.25) is 11.9 Å². The highest BCUT2D eigenvalue weighted by Gasteiger charge is 2.38. The zero-order chi connectivity index (χ0) is 18.8. The van der Waals surface area contributed by atoms with Crippen LogP contribution in [0.1, 0.15) is 36.8 Å². The Morgan fingerprint density at radius 1 is 1.15 bits per heavy atom. The standard InChI is InChI=1S/C21H20F2N2O2/c22-19-10-9-18(20(23)24-19)15-11-16-7-4-8-17(12-15)25(16)21(26)27-13-14-5-2-1-3-6-14/h1-3,5-6,9-11,16-17H,4,7-8,12-13H2. The molecule has 0 N–H and O–H groups in total. The van der Waals surface area contributed by atoms with Crippen LogP contribution in [0, 0.1) is 11.9 Å². The van der Waals surface area contributed by atoms with Crippen molar-refractivity contribution in [2.24, 2.45) is 0 Å². The van der Waals surface area contributed by atoms with Gasteiger partial charge in [-0.05, 0) is 49.0 Å². The highest BCUT2D eigenvalue weighted by molar-refractivity contribution is 5.74. The number of hydrogen-bond donors (Lipinski definition) is 0. The average Bonchev–Trinajstić information content (AvgIpc) is 2.66. The fraction of sp³-hybridized carbons (Fsp3) is 0.333. The fourth-order valence-corrected chi connectivity index (χ4v) is 3.96. The molecule has 3 heterocycles. The van der Waals surface area contributed by atoms with Crippen LogP contribution in [-0.2, 0) is 11.3 Å². The van der Waals surface area contributed by atoms with Gasteiger partial charge in [-0.15, -0.1) is 0 Å². The van der Waals surface area contributed by atoms with Crippen LogP contribution in [0.15, 0.2) is 48.5 Å². The summed E-state index contributed by atoms with van der Waals surface area (Å²) < 4.78 is 32.7. The molecule has 0 spiro atoms. The Morgan fingerprint density at radius 2 is 1.96 bits per heavy atom. The number of amides is 1. The molecule has 1 aromatic heterocycles. The lowest BCUT2D eigenvalue weighted by molar-refractivity contribution is 0.0510. The summed E-state index contributed by atoms with van der Waals surface area (Å²) in [6.45, 7) is 0.225. The minimum atomic E-state index is -0.834. The maximum atomic E-state index is 14.1. The first-order valence-electron chi connectivity index (χ1n) is 9.14. The van der Waals surface area contributed by atoms with E-state index in [2.05, 4.69) is 4.98 Å². The number of halogens is 2. The van der Waals surface area contributed by atoms with Crippen molar-refractivity contribution >= 4 is 11.7 Å². The van der Waals surface area contributed by atoms with Gasteiger partial charge >= 0.3 is 6.09 Å². The van der Waals surface area contributed by atoms with Crippen molar-refractivity contribution < 1.29 is 18.3 Å². The van der Waals surface area contributed by atoms with E-state index in [1.54, 1.807) is 4.90 Å². The van der Waals surface area contributed by atoms with Crippen LogP contribution >= 0.6 is 0 Å². The second kappa shape index (κ2) is 7.47. The van der Waals surface area contributed by atoms with Crippen molar-refractivity contribution in [1.29, 1.82) is 0 Å². The molecule has 2 unspecified atom stereocenters. The molecule has 6 heteroatoms. The van der Waals surface area contributed by atoms with Crippen LogP contribution in [0.2, 0.25) is 0 Å². The zero-order valence-electron chi connectivity index (χ0n) is 14.8. The molecule has 1 amide bonds. The maximum absolute atomic E-state index is 14.1. The second-order valence-electron chi connectivity index (χ2n) is 6.97. The molecular formula is C21H20F2N2O2. The lowest BCUT2D eigenvalue weighted by Crippen LogP contribution is -2.51. The molecule has 2 aliphatic rings. The molecule has 1 aromatic carbocycles. The van der Waals surface area contributed by atoms with Gasteiger partial charge < -0.3 is 4.74 Å². The summed E-state index contributed by atoms with van der Waals surface area (Å²) in [6, 6.07) is 11.9. The van der Waals surface area contributed by atoms with Gasteiger partial charge in [0.15, 0.2) is 0 Å². The van der Waals surface area contributed by atoms with E-state index in [1.165, 1.54) is 6.07 Å². The Hall–Kier alpha value is -2.76. The number of nitrogens with zero attached hydrogens (tertiary/aromatic N) is 2. The van der Waals surface area contributed by atoms with Gasteiger partial charge in [-0.2, -0.15) is 13.8 Å². The van der Waals surface area contributed by atoms with E-state index in [4.69, 9.17) is 4.74 Å². The minimum absolute atomic E-state index is 0.0449. The SMILES string of the molecule is O=C(OCc1ccccc1)N1C2C=C(c3ccc(F)nc3F)CC1CCC2. The number of ether oxygens (including phenoxy) is 1. The molecule has 4 rings (SSSR count). The number of pyridine rings is 1.